The van der Waals surface area contributed by atoms with E-state index in [2.05, 4.69) is 53.1 Å². The van der Waals surface area contributed by atoms with Crippen LogP contribution in [0.5, 0.6) is 0 Å². The molecule has 30 heavy (non-hydrogen) atoms. The van der Waals surface area contributed by atoms with E-state index in [1.165, 1.54) is 48.4 Å². The second-order valence-corrected chi connectivity index (χ2v) is 8.00. The molecule has 0 bridgehead atoms. The topological polar surface area (TPSA) is 50.4 Å². The first-order valence-corrected chi connectivity index (χ1v) is 11.0. The van der Waals surface area contributed by atoms with Gasteiger partial charge in [0.25, 0.3) is 0 Å². The van der Waals surface area contributed by atoms with Crippen molar-refractivity contribution in [3.05, 3.63) is 71.8 Å². The van der Waals surface area contributed by atoms with Crippen LogP contribution in [0.1, 0.15) is 54.9 Å². The minimum atomic E-state index is -0.282. The fourth-order valence-electron chi connectivity index (χ4n) is 4.17. The number of benzene rings is 3. The Hall–Kier alpha value is -3.01. The summed E-state index contributed by atoms with van der Waals surface area (Å²) < 4.78 is 5.20. The third-order valence-electron chi connectivity index (χ3n) is 5.79. The van der Waals surface area contributed by atoms with Gasteiger partial charge in [-0.1, -0.05) is 55.7 Å². The third kappa shape index (κ3) is 4.93. The zero-order valence-electron chi connectivity index (χ0n) is 17.6. The lowest BCUT2D eigenvalue weighted by Crippen LogP contribution is -2.23. The number of carbonyl (C=O) groups excluding carboxylic acids is 1. The van der Waals surface area contributed by atoms with Crippen molar-refractivity contribution in [2.24, 2.45) is 0 Å². The van der Waals surface area contributed by atoms with Crippen LogP contribution < -0.4 is 10.6 Å². The molecular formula is C26H30N2O2. The van der Waals surface area contributed by atoms with Crippen molar-refractivity contribution < 1.29 is 9.53 Å². The number of rotatable bonds is 7. The monoisotopic (exact) mass is 402 g/mol. The van der Waals surface area contributed by atoms with Gasteiger partial charge in [-0.05, 0) is 60.4 Å². The van der Waals surface area contributed by atoms with Crippen molar-refractivity contribution in [2.45, 2.75) is 51.6 Å². The van der Waals surface area contributed by atoms with E-state index in [0.29, 0.717) is 24.8 Å². The molecule has 0 radical (unpaired) electrons. The Morgan fingerprint density at radius 3 is 2.53 bits per heavy atom. The average Bonchev–Trinajstić information content (AvgIpc) is 2.79. The van der Waals surface area contributed by atoms with Crippen LogP contribution in [0.3, 0.4) is 0 Å². The molecule has 0 amide bonds. The number of fused-ring (bicyclic) bond motifs is 1. The number of nitrogens with one attached hydrogen (secondary N) is 2. The van der Waals surface area contributed by atoms with Gasteiger partial charge in [0.1, 0.15) is 0 Å². The molecule has 4 heteroatoms. The quantitative estimate of drug-likeness (QED) is 0.451. The summed E-state index contributed by atoms with van der Waals surface area (Å²) in [4.78, 5) is 12.2. The molecule has 0 saturated heterocycles. The Kier molecular flexibility index (Phi) is 6.53. The van der Waals surface area contributed by atoms with Gasteiger partial charge in [-0.3, -0.25) is 0 Å². The highest BCUT2D eigenvalue weighted by Gasteiger charge is 2.16. The summed E-state index contributed by atoms with van der Waals surface area (Å²) in [5.41, 5.74) is 3.78. The zero-order chi connectivity index (χ0) is 20.8. The highest BCUT2D eigenvalue weighted by Crippen LogP contribution is 2.29. The Balaban J connectivity index is 1.55. The largest absolute Gasteiger partial charge is 0.462 e. The fourth-order valence-corrected chi connectivity index (χ4v) is 4.17. The van der Waals surface area contributed by atoms with Crippen molar-refractivity contribution in [3.8, 4) is 0 Å². The highest BCUT2D eigenvalue weighted by molar-refractivity contribution is 5.92. The first kappa shape index (κ1) is 20.3. The molecule has 4 rings (SSSR count). The van der Waals surface area contributed by atoms with E-state index in [-0.39, 0.29) is 5.97 Å². The Bertz CT molecular complexity index is 1010. The molecule has 156 valence electrons. The summed E-state index contributed by atoms with van der Waals surface area (Å²) in [5, 5.41) is 9.72. The maximum absolute atomic E-state index is 12.2. The molecule has 0 unspecified atom stereocenters. The van der Waals surface area contributed by atoms with Gasteiger partial charge in [0.05, 0.1) is 23.5 Å². The van der Waals surface area contributed by atoms with Gasteiger partial charge >= 0.3 is 5.97 Å². The van der Waals surface area contributed by atoms with Gasteiger partial charge in [0.2, 0.25) is 0 Å². The van der Waals surface area contributed by atoms with Gasteiger partial charge in [-0.15, -0.1) is 0 Å². The van der Waals surface area contributed by atoms with Crippen LogP contribution in [0, 0.1) is 0 Å². The minimum absolute atomic E-state index is 0.282. The summed E-state index contributed by atoms with van der Waals surface area (Å²) in [7, 11) is 0. The summed E-state index contributed by atoms with van der Waals surface area (Å²) in [6, 6.07) is 21.2. The lowest BCUT2D eigenvalue weighted by atomic mass is 9.95. The van der Waals surface area contributed by atoms with Crippen LogP contribution in [-0.2, 0) is 11.3 Å². The van der Waals surface area contributed by atoms with Crippen LogP contribution in [0.15, 0.2) is 60.7 Å². The summed E-state index contributed by atoms with van der Waals surface area (Å²) in [6.45, 7) is 2.90. The molecule has 3 aromatic carbocycles. The predicted octanol–water partition coefficient (Wildman–Crippen LogP) is 6.37. The van der Waals surface area contributed by atoms with E-state index in [1.54, 1.807) is 0 Å². The zero-order valence-corrected chi connectivity index (χ0v) is 17.6. The normalized spacial score (nSPS) is 14.4. The maximum atomic E-state index is 12.2. The first-order chi connectivity index (χ1) is 14.7. The van der Waals surface area contributed by atoms with Crippen LogP contribution in [0.4, 0.5) is 11.4 Å². The first-order valence-electron chi connectivity index (χ1n) is 11.0. The average molecular weight is 403 g/mol. The van der Waals surface area contributed by atoms with E-state index in [1.807, 2.05) is 25.1 Å². The van der Waals surface area contributed by atoms with Crippen LogP contribution >= 0.6 is 0 Å². The van der Waals surface area contributed by atoms with Crippen molar-refractivity contribution in [3.63, 3.8) is 0 Å². The third-order valence-corrected chi connectivity index (χ3v) is 5.79. The smallest absolute Gasteiger partial charge is 0.338 e. The van der Waals surface area contributed by atoms with E-state index in [0.717, 1.165) is 11.4 Å². The van der Waals surface area contributed by atoms with Crippen molar-refractivity contribution in [1.29, 1.82) is 0 Å². The van der Waals surface area contributed by atoms with Gasteiger partial charge in [0.15, 0.2) is 0 Å². The number of anilines is 2. The molecule has 1 saturated carbocycles. The Labute approximate surface area is 178 Å². The molecule has 0 spiro atoms. The molecule has 0 heterocycles. The van der Waals surface area contributed by atoms with E-state index >= 15 is 0 Å². The van der Waals surface area contributed by atoms with Crippen molar-refractivity contribution in [2.75, 3.05) is 17.2 Å². The van der Waals surface area contributed by atoms with E-state index in [9.17, 15) is 4.79 Å². The molecular weight excluding hydrogens is 372 g/mol. The number of hydrogen-bond donors (Lipinski definition) is 2. The van der Waals surface area contributed by atoms with E-state index in [4.69, 9.17) is 4.74 Å². The fraction of sp³-hybridized carbons (Fsp3) is 0.346. The van der Waals surface area contributed by atoms with Gasteiger partial charge in [-0.25, -0.2) is 4.79 Å². The van der Waals surface area contributed by atoms with Crippen molar-refractivity contribution in [1.82, 2.24) is 0 Å². The van der Waals surface area contributed by atoms with Crippen LogP contribution in [0.25, 0.3) is 10.8 Å². The van der Waals surface area contributed by atoms with Crippen LogP contribution in [0.2, 0.25) is 0 Å². The molecule has 3 aromatic rings. The summed E-state index contributed by atoms with van der Waals surface area (Å²) in [6.07, 6.45) is 6.28. The second kappa shape index (κ2) is 9.66. The molecule has 2 N–H and O–H groups in total. The lowest BCUT2D eigenvalue weighted by Gasteiger charge is -2.25. The Morgan fingerprint density at radius 1 is 0.933 bits per heavy atom. The van der Waals surface area contributed by atoms with Gasteiger partial charge in [-0.2, -0.15) is 0 Å². The van der Waals surface area contributed by atoms with Crippen molar-refractivity contribution >= 4 is 28.1 Å². The number of carbonyl (C=O) groups is 1. The molecule has 4 nitrogen and oxygen atoms in total. The molecule has 1 aliphatic carbocycles. The predicted molar refractivity (Wildman–Crippen MR) is 124 cm³/mol. The standard InChI is InChI=1S/C26H30N2O2/c1-2-30-26(29)22-14-15-24(28-23-10-4-3-5-11-23)25(17-22)27-18-19-12-13-20-8-6-7-9-21(20)16-19/h6-9,12-17,23,27-28H,2-5,10-11,18H2,1H3. The summed E-state index contributed by atoms with van der Waals surface area (Å²) in [5.74, 6) is -0.282. The number of ether oxygens (including phenoxy) is 1. The minimum Gasteiger partial charge on any atom is -0.462 e. The highest BCUT2D eigenvalue weighted by atomic mass is 16.5. The SMILES string of the molecule is CCOC(=O)c1ccc(NC2CCCCC2)c(NCc2ccc3ccccc3c2)c1. The molecule has 1 fully saturated rings. The lowest BCUT2D eigenvalue weighted by molar-refractivity contribution is 0.0526. The summed E-state index contributed by atoms with van der Waals surface area (Å²) >= 11 is 0. The Morgan fingerprint density at radius 2 is 1.73 bits per heavy atom. The molecule has 1 aliphatic rings. The maximum Gasteiger partial charge on any atom is 0.338 e. The number of hydrogen-bond acceptors (Lipinski definition) is 4. The second-order valence-electron chi connectivity index (χ2n) is 8.00. The van der Waals surface area contributed by atoms with E-state index < -0.39 is 0 Å². The number of esters is 1. The molecule has 0 aliphatic heterocycles. The molecule has 0 atom stereocenters. The van der Waals surface area contributed by atoms with Gasteiger partial charge < -0.3 is 15.4 Å². The van der Waals surface area contributed by atoms with Gasteiger partial charge in [0, 0.05) is 12.6 Å². The van der Waals surface area contributed by atoms with Crippen LogP contribution in [-0.4, -0.2) is 18.6 Å². The molecule has 0 aromatic heterocycles.